The van der Waals surface area contributed by atoms with Gasteiger partial charge in [-0.05, 0) is 28.1 Å². The molecule has 0 atom stereocenters. The number of hydrogen-bond acceptors (Lipinski definition) is 5. The van der Waals surface area contributed by atoms with Gasteiger partial charge in [0.05, 0.1) is 20.3 Å². The summed E-state index contributed by atoms with van der Waals surface area (Å²) < 4.78 is 16.5. The van der Waals surface area contributed by atoms with Crippen molar-refractivity contribution in [3.05, 3.63) is 22.2 Å². The number of amides is 1. The number of halogens is 1. The number of benzene rings is 1. The lowest BCUT2D eigenvalue weighted by Gasteiger charge is -2.26. The van der Waals surface area contributed by atoms with E-state index in [9.17, 15) is 9.59 Å². The third-order valence-corrected chi connectivity index (χ3v) is 3.81. The van der Waals surface area contributed by atoms with Crippen LogP contribution in [0.5, 0.6) is 11.5 Å². The molecule has 1 saturated heterocycles. The van der Waals surface area contributed by atoms with Gasteiger partial charge >= 0.3 is 0 Å². The minimum atomic E-state index is -0.101. The number of ether oxygens (including phenoxy) is 3. The second-order valence-corrected chi connectivity index (χ2v) is 5.28. The van der Waals surface area contributed by atoms with E-state index in [0.29, 0.717) is 47.8 Å². The molecular formula is C14H16BrNO5. The number of morpholine rings is 1. The molecule has 7 heteroatoms. The van der Waals surface area contributed by atoms with Gasteiger partial charge < -0.3 is 19.1 Å². The van der Waals surface area contributed by atoms with Crippen LogP contribution >= 0.6 is 15.9 Å². The van der Waals surface area contributed by atoms with Crippen molar-refractivity contribution in [1.82, 2.24) is 4.90 Å². The molecule has 0 N–H and O–H groups in total. The highest BCUT2D eigenvalue weighted by Gasteiger charge is 2.18. The average Bonchev–Trinajstić information content (AvgIpc) is 2.53. The molecule has 1 fully saturated rings. The van der Waals surface area contributed by atoms with E-state index >= 15 is 0 Å². The van der Waals surface area contributed by atoms with E-state index in [4.69, 9.17) is 14.2 Å². The van der Waals surface area contributed by atoms with Crippen LogP contribution < -0.4 is 9.47 Å². The van der Waals surface area contributed by atoms with Crippen LogP contribution in [0.15, 0.2) is 16.6 Å². The Labute approximate surface area is 131 Å². The average molecular weight is 358 g/mol. The first-order chi connectivity index (χ1) is 10.2. The van der Waals surface area contributed by atoms with E-state index in [2.05, 4.69) is 15.9 Å². The molecule has 0 saturated carbocycles. The summed E-state index contributed by atoms with van der Waals surface area (Å²) in [6, 6.07) is 3.18. The predicted molar refractivity (Wildman–Crippen MR) is 79.0 cm³/mol. The van der Waals surface area contributed by atoms with Gasteiger partial charge in [-0.15, -0.1) is 0 Å². The van der Waals surface area contributed by atoms with Crippen LogP contribution in [0.1, 0.15) is 10.4 Å². The van der Waals surface area contributed by atoms with E-state index in [-0.39, 0.29) is 12.5 Å². The van der Waals surface area contributed by atoms with Crippen molar-refractivity contribution in [1.29, 1.82) is 0 Å². The molecule has 0 radical (unpaired) electrons. The Morgan fingerprint density at radius 1 is 1.38 bits per heavy atom. The van der Waals surface area contributed by atoms with Crippen LogP contribution in [0.2, 0.25) is 0 Å². The number of carbonyl (C=O) groups excluding carboxylic acids is 2. The van der Waals surface area contributed by atoms with Gasteiger partial charge in [0.2, 0.25) is 0 Å². The van der Waals surface area contributed by atoms with Crippen molar-refractivity contribution >= 4 is 28.1 Å². The second kappa shape index (κ2) is 7.42. The Kier molecular flexibility index (Phi) is 5.58. The monoisotopic (exact) mass is 357 g/mol. The summed E-state index contributed by atoms with van der Waals surface area (Å²) in [5.41, 5.74) is 0.457. The summed E-state index contributed by atoms with van der Waals surface area (Å²) >= 11 is 3.28. The Hall–Kier alpha value is -1.60. The van der Waals surface area contributed by atoms with E-state index < -0.39 is 0 Å². The molecule has 6 nitrogen and oxygen atoms in total. The molecule has 1 aliphatic heterocycles. The van der Waals surface area contributed by atoms with Crippen LogP contribution in [0.3, 0.4) is 0 Å². The number of aldehydes is 1. The Morgan fingerprint density at radius 3 is 2.71 bits per heavy atom. The standard InChI is InChI=1S/C14H16BrNO5/c1-19-12-6-10(8-17)11(15)7-13(12)21-9-14(18)16-2-4-20-5-3-16/h6-8H,2-5,9H2,1H3. The van der Waals surface area contributed by atoms with Crippen LogP contribution in [0, 0.1) is 0 Å². The third-order valence-electron chi connectivity index (χ3n) is 3.12. The van der Waals surface area contributed by atoms with Gasteiger partial charge in [0.15, 0.2) is 24.4 Å². The topological polar surface area (TPSA) is 65.1 Å². The van der Waals surface area contributed by atoms with Gasteiger partial charge in [-0.25, -0.2) is 0 Å². The van der Waals surface area contributed by atoms with Crippen molar-refractivity contribution in [3.63, 3.8) is 0 Å². The summed E-state index contributed by atoms with van der Waals surface area (Å²) in [7, 11) is 1.48. The zero-order chi connectivity index (χ0) is 15.2. The van der Waals surface area contributed by atoms with E-state index in [1.54, 1.807) is 17.0 Å². The maximum absolute atomic E-state index is 12.0. The van der Waals surface area contributed by atoms with Gasteiger partial charge in [-0.2, -0.15) is 0 Å². The highest BCUT2D eigenvalue weighted by Crippen LogP contribution is 2.32. The lowest BCUT2D eigenvalue weighted by molar-refractivity contribution is -0.137. The lowest BCUT2D eigenvalue weighted by atomic mass is 10.2. The Bertz CT molecular complexity index is 528. The molecule has 2 rings (SSSR count). The quantitative estimate of drug-likeness (QED) is 0.747. The van der Waals surface area contributed by atoms with Crippen LogP contribution in [-0.4, -0.2) is 57.1 Å². The molecule has 114 valence electrons. The fraction of sp³-hybridized carbons (Fsp3) is 0.429. The molecular weight excluding hydrogens is 342 g/mol. The fourth-order valence-electron chi connectivity index (χ4n) is 1.96. The number of nitrogens with zero attached hydrogens (tertiary/aromatic N) is 1. The highest BCUT2D eigenvalue weighted by molar-refractivity contribution is 9.10. The first kappa shape index (κ1) is 15.8. The van der Waals surface area contributed by atoms with E-state index in [1.165, 1.54) is 7.11 Å². The maximum Gasteiger partial charge on any atom is 0.260 e. The summed E-state index contributed by atoms with van der Waals surface area (Å²) in [6.07, 6.45) is 0.718. The first-order valence-corrected chi connectivity index (χ1v) is 7.26. The summed E-state index contributed by atoms with van der Waals surface area (Å²) in [4.78, 5) is 24.6. The summed E-state index contributed by atoms with van der Waals surface area (Å²) in [5.74, 6) is 0.725. The molecule has 0 unspecified atom stereocenters. The van der Waals surface area contributed by atoms with Gasteiger partial charge in [-0.1, -0.05) is 0 Å². The van der Waals surface area contributed by atoms with E-state index in [0.717, 1.165) is 6.29 Å². The Balaban J connectivity index is 2.03. The van der Waals surface area contributed by atoms with Gasteiger partial charge in [0, 0.05) is 23.1 Å². The van der Waals surface area contributed by atoms with Crippen LogP contribution in [-0.2, 0) is 9.53 Å². The number of methoxy groups -OCH3 is 1. The smallest absolute Gasteiger partial charge is 0.260 e. The largest absolute Gasteiger partial charge is 0.493 e. The zero-order valence-electron chi connectivity index (χ0n) is 11.6. The van der Waals surface area contributed by atoms with Gasteiger partial charge in [0.1, 0.15) is 0 Å². The lowest BCUT2D eigenvalue weighted by Crippen LogP contribution is -2.43. The minimum Gasteiger partial charge on any atom is -0.493 e. The minimum absolute atomic E-state index is 0.0801. The number of carbonyl (C=O) groups is 2. The van der Waals surface area contributed by atoms with Crippen molar-refractivity contribution in [2.24, 2.45) is 0 Å². The zero-order valence-corrected chi connectivity index (χ0v) is 13.2. The number of hydrogen-bond donors (Lipinski definition) is 0. The first-order valence-electron chi connectivity index (χ1n) is 6.46. The van der Waals surface area contributed by atoms with Crippen molar-refractivity contribution < 1.29 is 23.8 Å². The molecule has 1 aromatic carbocycles. The molecule has 1 amide bonds. The SMILES string of the molecule is COc1cc(C=O)c(Br)cc1OCC(=O)N1CCOCC1. The van der Waals surface area contributed by atoms with Crippen LogP contribution in [0.4, 0.5) is 0 Å². The van der Waals surface area contributed by atoms with E-state index in [1.807, 2.05) is 0 Å². The molecule has 0 aliphatic carbocycles. The second-order valence-electron chi connectivity index (χ2n) is 4.42. The predicted octanol–water partition coefficient (Wildman–Crippen LogP) is 1.51. The molecule has 0 aromatic heterocycles. The summed E-state index contributed by atoms with van der Waals surface area (Å²) in [5, 5.41) is 0. The molecule has 0 spiro atoms. The van der Waals surface area contributed by atoms with Crippen molar-refractivity contribution in [2.75, 3.05) is 40.0 Å². The molecule has 21 heavy (non-hydrogen) atoms. The molecule has 1 aromatic rings. The third kappa shape index (κ3) is 3.95. The maximum atomic E-state index is 12.0. The van der Waals surface area contributed by atoms with Crippen molar-refractivity contribution in [2.45, 2.75) is 0 Å². The normalized spacial score (nSPS) is 14.7. The van der Waals surface area contributed by atoms with Gasteiger partial charge in [-0.3, -0.25) is 9.59 Å². The Morgan fingerprint density at radius 2 is 2.10 bits per heavy atom. The number of rotatable bonds is 5. The van der Waals surface area contributed by atoms with Crippen LogP contribution in [0.25, 0.3) is 0 Å². The summed E-state index contributed by atoms with van der Waals surface area (Å²) in [6.45, 7) is 2.17. The molecule has 1 heterocycles. The molecule has 0 bridgehead atoms. The van der Waals surface area contributed by atoms with Crippen molar-refractivity contribution in [3.8, 4) is 11.5 Å². The highest BCUT2D eigenvalue weighted by atomic mass is 79.9. The van der Waals surface area contributed by atoms with Gasteiger partial charge in [0.25, 0.3) is 5.91 Å². The molecule has 1 aliphatic rings. The fourth-order valence-corrected chi connectivity index (χ4v) is 2.37.